The van der Waals surface area contributed by atoms with E-state index in [-0.39, 0.29) is 12.4 Å². The van der Waals surface area contributed by atoms with Crippen molar-refractivity contribution in [2.24, 2.45) is 0 Å². The Morgan fingerprint density at radius 3 is 2.82 bits per heavy atom. The highest BCUT2D eigenvalue weighted by Gasteiger charge is 2.07. The first-order chi connectivity index (χ1) is 5.11. The predicted molar refractivity (Wildman–Crippen MR) is 36.3 cm³/mol. The van der Waals surface area contributed by atoms with Crippen molar-refractivity contribution < 1.29 is 15.0 Å². The maximum Gasteiger partial charge on any atom is 0.323 e. The van der Waals surface area contributed by atoms with Crippen molar-refractivity contribution in [2.75, 3.05) is 0 Å². The Labute approximate surface area is 62.9 Å². The quantitative estimate of drug-likeness (QED) is 0.631. The number of carbonyl (C=O) groups is 1. The highest BCUT2D eigenvalue weighted by molar-refractivity contribution is 5.66. The van der Waals surface area contributed by atoms with Crippen molar-refractivity contribution in [3.63, 3.8) is 0 Å². The molecule has 1 rings (SSSR count). The van der Waals surface area contributed by atoms with Crippen LogP contribution in [0.3, 0.4) is 0 Å². The molecular formula is C6H8N2O3. The Balaban J connectivity index is 2.92. The maximum atomic E-state index is 10.2. The molecule has 0 atom stereocenters. The van der Waals surface area contributed by atoms with Gasteiger partial charge in [0.1, 0.15) is 12.4 Å². The lowest BCUT2D eigenvalue weighted by molar-refractivity contribution is -0.137. The summed E-state index contributed by atoms with van der Waals surface area (Å²) in [5.74, 6) is -0.629. The number of hydrogen-bond acceptors (Lipinski definition) is 3. The van der Waals surface area contributed by atoms with E-state index in [1.54, 1.807) is 6.92 Å². The second-order valence-corrected chi connectivity index (χ2v) is 2.14. The number of carboxylic acids is 1. The van der Waals surface area contributed by atoms with Crippen molar-refractivity contribution >= 4 is 5.97 Å². The van der Waals surface area contributed by atoms with Crippen molar-refractivity contribution in [1.82, 2.24) is 9.55 Å². The molecule has 5 heteroatoms. The molecule has 0 bridgehead atoms. The first-order valence-corrected chi connectivity index (χ1v) is 3.04. The van der Waals surface area contributed by atoms with Gasteiger partial charge in [0.15, 0.2) is 0 Å². The largest absolute Gasteiger partial charge is 0.493 e. The number of imidazole rings is 1. The van der Waals surface area contributed by atoms with Gasteiger partial charge in [0, 0.05) is 0 Å². The van der Waals surface area contributed by atoms with Gasteiger partial charge in [-0.05, 0) is 6.92 Å². The van der Waals surface area contributed by atoms with Crippen molar-refractivity contribution in [1.29, 1.82) is 0 Å². The van der Waals surface area contributed by atoms with Crippen molar-refractivity contribution in [3.8, 4) is 5.88 Å². The Morgan fingerprint density at radius 2 is 2.45 bits per heavy atom. The molecule has 5 nitrogen and oxygen atoms in total. The Bertz CT molecular complexity index is 260. The standard InChI is InChI=1S/C6H8N2O3/c1-4-7-2-5(9)8(4)3-6(10)11/h2,9H,3H2,1H3,(H,10,11). The Hall–Kier alpha value is -1.52. The monoisotopic (exact) mass is 156 g/mol. The van der Waals surface area contributed by atoms with Crippen LogP contribution in [0.25, 0.3) is 0 Å². The molecule has 1 aromatic heterocycles. The molecule has 0 radical (unpaired) electrons. The molecule has 1 heterocycles. The van der Waals surface area contributed by atoms with Crippen LogP contribution >= 0.6 is 0 Å². The number of aromatic hydroxyl groups is 1. The van der Waals surface area contributed by atoms with Crippen LogP contribution in [0.2, 0.25) is 0 Å². The van der Waals surface area contributed by atoms with Crippen LogP contribution in [0.4, 0.5) is 0 Å². The van der Waals surface area contributed by atoms with E-state index in [0.717, 1.165) is 0 Å². The zero-order chi connectivity index (χ0) is 8.43. The normalized spacial score (nSPS) is 9.91. The van der Waals surface area contributed by atoms with Gasteiger partial charge in [-0.25, -0.2) is 4.98 Å². The summed E-state index contributed by atoms with van der Waals surface area (Å²) in [4.78, 5) is 13.9. The van der Waals surface area contributed by atoms with Crippen LogP contribution in [0.15, 0.2) is 6.20 Å². The minimum absolute atomic E-state index is 0.120. The van der Waals surface area contributed by atoms with E-state index in [0.29, 0.717) is 5.82 Å². The first kappa shape index (κ1) is 7.59. The zero-order valence-corrected chi connectivity index (χ0v) is 5.98. The lowest BCUT2D eigenvalue weighted by Gasteiger charge is -2.00. The second-order valence-electron chi connectivity index (χ2n) is 2.14. The molecule has 0 aromatic carbocycles. The molecule has 0 unspecified atom stereocenters. The van der Waals surface area contributed by atoms with Gasteiger partial charge in [-0.15, -0.1) is 0 Å². The predicted octanol–water partition coefficient (Wildman–Crippen LogP) is -0.0183. The number of rotatable bonds is 2. The van der Waals surface area contributed by atoms with E-state index in [4.69, 9.17) is 10.2 Å². The number of aryl methyl sites for hydroxylation is 1. The molecule has 1 aromatic rings. The molecule has 0 aliphatic rings. The van der Waals surface area contributed by atoms with Crippen LogP contribution in [0.1, 0.15) is 5.82 Å². The molecule has 0 aliphatic carbocycles. The summed E-state index contributed by atoms with van der Waals surface area (Å²) in [5, 5.41) is 17.4. The Kier molecular flexibility index (Phi) is 1.80. The summed E-state index contributed by atoms with van der Waals surface area (Å²) in [7, 11) is 0. The fourth-order valence-corrected chi connectivity index (χ4v) is 0.787. The molecule has 60 valence electrons. The number of hydrogen-bond donors (Lipinski definition) is 2. The number of aromatic nitrogens is 2. The van der Waals surface area contributed by atoms with Gasteiger partial charge < -0.3 is 10.2 Å². The van der Waals surface area contributed by atoms with Crippen molar-refractivity contribution in [3.05, 3.63) is 12.0 Å². The van der Waals surface area contributed by atoms with Crippen LogP contribution < -0.4 is 0 Å². The van der Waals surface area contributed by atoms with Gasteiger partial charge in [0.2, 0.25) is 5.88 Å². The maximum absolute atomic E-state index is 10.2. The van der Waals surface area contributed by atoms with Gasteiger partial charge in [-0.1, -0.05) is 0 Å². The SMILES string of the molecule is Cc1ncc(O)n1CC(=O)O. The van der Waals surface area contributed by atoms with Crippen LogP contribution in [-0.2, 0) is 11.3 Å². The minimum atomic E-state index is -0.999. The second kappa shape index (κ2) is 2.61. The molecule has 2 N–H and O–H groups in total. The zero-order valence-electron chi connectivity index (χ0n) is 5.98. The summed E-state index contributed by atoms with van der Waals surface area (Å²) in [6.45, 7) is 1.38. The van der Waals surface area contributed by atoms with Gasteiger partial charge in [-0.2, -0.15) is 0 Å². The molecule has 0 aliphatic heterocycles. The topological polar surface area (TPSA) is 75.4 Å². The summed E-state index contributed by atoms with van der Waals surface area (Å²) in [6.07, 6.45) is 1.22. The van der Waals surface area contributed by atoms with Crippen LogP contribution in [0.5, 0.6) is 5.88 Å². The molecule has 0 saturated carbocycles. The fraction of sp³-hybridized carbons (Fsp3) is 0.333. The summed E-state index contributed by atoms with van der Waals surface area (Å²) < 4.78 is 1.21. The summed E-state index contributed by atoms with van der Waals surface area (Å²) >= 11 is 0. The van der Waals surface area contributed by atoms with E-state index >= 15 is 0 Å². The van der Waals surface area contributed by atoms with E-state index in [9.17, 15) is 4.79 Å². The lowest BCUT2D eigenvalue weighted by Crippen LogP contribution is -2.09. The molecule has 0 spiro atoms. The van der Waals surface area contributed by atoms with E-state index in [1.807, 2.05) is 0 Å². The summed E-state index contributed by atoms with van der Waals surface area (Å²) in [6, 6.07) is 0. The average Bonchev–Trinajstić information content (AvgIpc) is 2.18. The van der Waals surface area contributed by atoms with Gasteiger partial charge >= 0.3 is 5.97 Å². The number of carboxylic acid groups (broad SMARTS) is 1. The first-order valence-electron chi connectivity index (χ1n) is 3.04. The molecule has 0 fully saturated rings. The molecule has 0 saturated heterocycles. The minimum Gasteiger partial charge on any atom is -0.493 e. The molecular weight excluding hydrogens is 148 g/mol. The highest BCUT2D eigenvalue weighted by atomic mass is 16.4. The molecule has 0 amide bonds. The van der Waals surface area contributed by atoms with Gasteiger partial charge in [-0.3, -0.25) is 9.36 Å². The number of nitrogens with zero attached hydrogens (tertiary/aromatic N) is 2. The third-order valence-electron chi connectivity index (χ3n) is 1.33. The lowest BCUT2D eigenvalue weighted by atomic mass is 10.6. The average molecular weight is 156 g/mol. The van der Waals surface area contributed by atoms with Crippen LogP contribution in [0, 0.1) is 6.92 Å². The van der Waals surface area contributed by atoms with E-state index in [2.05, 4.69) is 4.98 Å². The van der Waals surface area contributed by atoms with Crippen molar-refractivity contribution in [2.45, 2.75) is 13.5 Å². The van der Waals surface area contributed by atoms with Crippen LogP contribution in [-0.4, -0.2) is 25.7 Å². The van der Waals surface area contributed by atoms with E-state index in [1.165, 1.54) is 10.8 Å². The summed E-state index contributed by atoms with van der Waals surface area (Å²) in [5.41, 5.74) is 0. The molecule has 11 heavy (non-hydrogen) atoms. The Morgan fingerprint density at radius 1 is 1.82 bits per heavy atom. The van der Waals surface area contributed by atoms with Gasteiger partial charge in [0.05, 0.1) is 6.20 Å². The third-order valence-corrected chi connectivity index (χ3v) is 1.33. The van der Waals surface area contributed by atoms with E-state index < -0.39 is 5.97 Å². The van der Waals surface area contributed by atoms with Gasteiger partial charge in [0.25, 0.3) is 0 Å². The smallest absolute Gasteiger partial charge is 0.323 e. The highest BCUT2D eigenvalue weighted by Crippen LogP contribution is 2.09. The number of aliphatic carboxylic acids is 1. The third kappa shape index (κ3) is 1.49. The fourth-order valence-electron chi connectivity index (χ4n) is 0.787.